The van der Waals surface area contributed by atoms with E-state index >= 15 is 0 Å². The van der Waals surface area contributed by atoms with Crippen LogP contribution >= 0.6 is 11.8 Å². The van der Waals surface area contributed by atoms with E-state index in [-0.39, 0.29) is 12.3 Å². The molecule has 1 saturated heterocycles. The monoisotopic (exact) mass is 538 g/mol. The van der Waals surface area contributed by atoms with Gasteiger partial charge in [-0.1, -0.05) is 30.3 Å². The minimum Gasteiger partial charge on any atom is -0.497 e. The number of hydrogen-bond acceptors (Lipinski definition) is 6. The smallest absolute Gasteiger partial charge is 0.293 e. The Kier molecular flexibility index (Phi) is 7.38. The molecule has 0 radical (unpaired) electrons. The zero-order valence-electron chi connectivity index (χ0n) is 21.7. The van der Waals surface area contributed by atoms with E-state index in [1.165, 1.54) is 0 Å². The van der Waals surface area contributed by atoms with Gasteiger partial charge in [0, 0.05) is 22.6 Å². The lowest BCUT2D eigenvalue weighted by atomic mass is 10.1. The molecule has 0 atom stereocenters. The number of hydrogen-bond donors (Lipinski definition) is 0. The molecule has 0 bridgehead atoms. The molecule has 1 aliphatic rings. The molecule has 0 spiro atoms. The van der Waals surface area contributed by atoms with Crippen molar-refractivity contribution in [3.8, 4) is 22.9 Å². The number of rotatable bonds is 8. The molecule has 4 aromatic rings. The summed E-state index contributed by atoms with van der Waals surface area (Å²) in [7, 11) is 1.62. The number of amides is 2. The fraction of sp³-hybridized carbons (Fsp3) is 0.129. The minimum atomic E-state index is -0.459. The van der Waals surface area contributed by atoms with Crippen LogP contribution in [0, 0.1) is 13.8 Å². The van der Waals surface area contributed by atoms with Crippen molar-refractivity contribution in [1.29, 1.82) is 0 Å². The molecule has 39 heavy (non-hydrogen) atoms. The number of thioether (sulfide) groups is 1. The molecule has 2 amide bonds. The number of carbonyl (C=O) groups excluding carboxylic acids is 3. The lowest BCUT2D eigenvalue weighted by molar-refractivity contribution is -0.122. The van der Waals surface area contributed by atoms with E-state index in [1.54, 1.807) is 43.5 Å². The molecule has 7 nitrogen and oxygen atoms in total. The molecule has 1 aromatic heterocycles. The SMILES string of the molecule is COc1ccc(Oc2ccc(-n3c(C)cc(/C=C4\SC(=O)N(CC(=O)c5ccccc5)C4=O)c3C)cc2)cc1. The van der Waals surface area contributed by atoms with E-state index in [0.717, 1.165) is 45.1 Å². The number of methoxy groups -OCH3 is 1. The second-order valence-corrected chi connectivity index (χ2v) is 9.98. The van der Waals surface area contributed by atoms with E-state index in [9.17, 15) is 14.4 Å². The van der Waals surface area contributed by atoms with Gasteiger partial charge in [0.25, 0.3) is 11.1 Å². The van der Waals surface area contributed by atoms with Crippen molar-refractivity contribution in [3.63, 3.8) is 0 Å². The number of aryl methyl sites for hydroxylation is 1. The van der Waals surface area contributed by atoms with Crippen LogP contribution in [-0.2, 0) is 4.79 Å². The molecule has 0 aliphatic carbocycles. The van der Waals surface area contributed by atoms with Crippen LogP contribution in [-0.4, -0.2) is 40.1 Å². The second-order valence-electron chi connectivity index (χ2n) is 8.99. The number of benzene rings is 3. The van der Waals surface area contributed by atoms with E-state index in [0.29, 0.717) is 22.0 Å². The van der Waals surface area contributed by atoms with Gasteiger partial charge in [-0.25, -0.2) is 0 Å². The summed E-state index contributed by atoms with van der Waals surface area (Å²) in [5.41, 5.74) is 4.12. The lowest BCUT2D eigenvalue weighted by Gasteiger charge is -2.12. The molecule has 1 fully saturated rings. The molecule has 2 heterocycles. The van der Waals surface area contributed by atoms with Crippen molar-refractivity contribution >= 4 is 34.8 Å². The zero-order chi connectivity index (χ0) is 27.5. The summed E-state index contributed by atoms with van der Waals surface area (Å²) < 4.78 is 13.2. The maximum atomic E-state index is 13.0. The normalized spacial score (nSPS) is 14.2. The maximum absolute atomic E-state index is 13.0. The average molecular weight is 539 g/mol. The number of nitrogens with zero attached hydrogens (tertiary/aromatic N) is 2. The Hall–Kier alpha value is -4.56. The van der Waals surface area contributed by atoms with Gasteiger partial charge in [-0.05, 0) is 91.8 Å². The van der Waals surface area contributed by atoms with Gasteiger partial charge >= 0.3 is 0 Å². The molecular weight excluding hydrogens is 512 g/mol. The van der Waals surface area contributed by atoms with Gasteiger partial charge in [0.1, 0.15) is 17.2 Å². The number of ketones is 1. The number of Topliss-reactive ketones (excluding diaryl/α,β-unsaturated/α-hetero) is 1. The summed E-state index contributed by atoms with van der Waals surface area (Å²) in [6.45, 7) is 3.66. The van der Waals surface area contributed by atoms with Crippen LogP contribution in [0.3, 0.4) is 0 Å². The summed E-state index contributed by atoms with van der Waals surface area (Å²) in [4.78, 5) is 39.5. The van der Waals surface area contributed by atoms with Gasteiger partial charge in [-0.3, -0.25) is 19.3 Å². The summed E-state index contributed by atoms with van der Waals surface area (Å²) >= 11 is 0.851. The van der Waals surface area contributed by atoms with Crippen LogP contribution < -0.4 is 9.47 Å². The summed E-state index contributed by atoms with van der Waals surface area (Å²) in [6.07, 6.45) is 1.72. The Morgan fingerprint density at radius 3 is 2.13 bits per heavy atom. The molecular formula is C31H26N2O5S. The Balaban J connectivity index is 1.32. The highest BCUT2D eigenvalue weighted by molar-refractivity contribution is 8.18. The Morgan fingerprint density at radius 1 is 0.872 bits per heavy atom. The Morgan fingerprint density at radius 2 is 1.49 bits per heavy atom. The highest BCUT2D eigenvalue weighted by Gasteiger charge is 2.36. The third-order valence-electron chi connectivity index (χ3n) is 6.42. The van der Waals surface area contributed by atoms with Crippen molar-refractivity contribution in [3.05, 3.63) is 112 Å². The molecule has 0 saturated carbocycles. The van der Waals surface area contributed by atoms with Gasteiger partial charge in [-0.2, -0.15) is 0 Å². The van der Waals surface area contributed by atoms with E-state index in [4.69, 9.17) is 9.47 Å². The summed E-state index contributed by atoms with van der Waals surface area (Å²) in [6, 6.07) is 25.7. The van der Waals surface area contributed by atoms with Crippen molar-refractivity contribution in [2.75, 3.05) is 13.7 Å². The van der Waals surface area contributed by atoms with Crippen LogP contribution in [0.5, 0.6) is 17.2 Å². The van der Waals surface area contributed by atoms with Crippen molar-refractivity contribution < 1.29 is 23.9 Å². The first kappa shape index (κ1) is 26.1. The summed E-state index contributed by atoms with van der Waals surface area (Å²) in [5, 5.41) is -0.447. The third-order valence-corrected chi connectivity index (χ3v) is 7.33. The van der Waals surface area contributed by atoms with Crippen LogP contribution in [0.4, 0.5) is 4.79 Å². The lowest BCUT2D eigenvalue weighted by Crippen LogP contribution is -2.33. The first-order valence-electron chi connectivity index (χ1n) is 12.3. The van der Waals surface area contributed by atoms with Gasteiger partial charge in [0.15, 0.2) is 5.78 Å². The molecule has 0 unspecified atom stereocenters. The quantitative estimate of drug-likeness (QED) is 0.181. The predicted molar refractivity (Wildman–Crippen MR) is 152 cm³/mol. The number of aromatic nitrogens is 1. The number of carbonyl (C=O) groups is 3. The van der Waals surface area contributed by atoms with E-state index in [2.05, 4.69) is 4.57 Å². The molecule has 1 aliphatic heterocycles. The Labute approximate surface area is 230 Å². The van der Waals surface area contributed by atoms with Crippen molar-refractivity contribution in [2.24, 2.45) is 0 Å². The molecule has 0 N–H and O–H groups in total. The average Bonchev–Trinajstić information content (AvgIpc) is 3.38. The third kappa shape index (κ3) is 5.51. The standard InChI is InChI=1S/C31H26N2O5S/c1-20-17-23(18-29-30(35)32(31(36)39-29)19-28(34)22-7-5-4-6-8-22)21(2)33(20)24-9-11-26(12-10-24)38-27-15-13-25(37-3)14-16-27/h4-18H,19H2,1-3H3/b29-18-. The predicted octanol–water partition coefficient (Wildman–Crippen LogP) is 6.81. The van der Waals surface area contributed by atoms with Crippen molar-refractivity contribution in [1.82, 2.24) is 9.47 Å². The largest absolute Gasteiger partial charge is 0.497 e. The fourth-order valence-electron chi connectivity index (χ4n) is 4.41. The molecule has 8 heteroatoms. The maximum Gasteiger partial charge on any atom is 0.293 e. The first-order valence-corrected chi connectivity index (χ1v) is 13.1. The topological polar surface area (TPSA) is 77.8 Å². The van der Waals surface area contributed by atoms with Gasteiger partial charge in [0.05, 0.1) is 18.6 Å². The van der Waals surface area contributed by atoms with Crippen LogP contribution in [0.2, 0.25) is 0 Å². The van der Waals surface area contributed by atoms with Crippen LogP contribution in [0.15, 0.2) is 89.8 Å². The van der Waals surface area contributed by atoms with Crippen LogP contribution in [0.25, 0.3) is 11.8 Å². The van der Waals surface area contributed by atoms with Crippen molar-refractivity contribution in [2.45, 2.75) is 13.8 Å². The van der Waals surface area contributed by atoms with Crippen LogP contribution in [0.1, 0.15) is 27.3 Å². The van der Waals surface area contributed by atoms with Gasteiger partial charge < -0.3 is 14.0 Å². The highest BCUT2D eigenvalue weighted by Crippen LogP contribution is 2.34. The van der Waals surface area contributed by atoms with E-state index in [1.807, 2.05) is 68.4 Å². The van der Waals surface area contributed by atoms with E-state index < -0.39 is 11.1 Å². The highest BCUT2D eigenvalue weighted by atomic mass is 32.2. The number of imide groups is 1. The summed E-state index contributed by atoms with van der Waals surface area (Å²) in [5.74, 6) is 1.43. The zero-order valence-corrected chi connectivity index (χ0v) is 22.5. The first-order chi connectivity index (χ1) is 18.8. The molecule has 3 aromatic carbocycles. The fourth-order valence-corrected chi connectivity index (χ4v) is 5.24. The van der Waals surface area contributed by atoms with Gasteiger partial charge in [0.2, 0.25) is 0 Å². The molecule has 196 valence electrons. The molecule has 5 rings (SSSR count). The second kappa shape index (κ2) is 11.0. The number of ether oxygens (including phenoxy) is 2. The van der Waals surface area contributed by atoms with Gasteiger partial charge in [-0.15, -0.1) is 0 Å². The minimum absolute atomic E-state index is 0.281. The Bertz CT molecular complexity index is 1570.